The normalized spacial score (nSPS) is 11.8. The predicted octanol–water partition coefficient (Wildman–Crippen LogP) is 0.475. The van der Waals surface area contributed by atoms with Crippen LogP contribution in [-0.2, 0) is 19.7 Å². The van der Waals surface area contributed by atoms with Crippen LogP contribution in [-0.4, -0.2) is 18.0 Å². The van der Waals surface area contributed by atoms with Crippen LogP contribution in [0.1, 0.15) is 0 Å². The summed E-state index contributed by atoms with van der Waals surface area (Å²) in [5, 5.41) is -0.0746. The van der Waals surface area contributed by atoms with E-state index in [1.165, 1.54) is 40.1 Å². The van der Waals surface area contributed by atoms with Crippen molar-refractivity contribution in [1.29, 1.82) is 0 Å². The summed E-state index contributed by atoms with van der Waals surface area (Å²) >= 11 is 1.31. The molecule has 5 nitrogen and oxygen atoms in total. The Kier molecular flexibility index (Phi) is 2.50. The summed E-state index contributed by atoms with van der Waals surface area (Å²) in [6.45, 7) is 0. The average molecular weight is 288 g/mol. The topological polar surface area (TPSA) is 61.2 Å². The van der Waals surface area contributed by atoms with Crippen molar-refractivity contribution in [2.45, 2.75) is 5.03 Å². The van der Waals surface area contributed by atoms with Crippen molar-refractivity contribution >= 4 is 33.1 Å². The minimum atomic E-state index is -3.62. The smallest absolute Gasteiger partial charge is 0.325 e. The SMILES string of the molecule is Cn1cnc(S(=O)(=O)OI)c1. The van der Waals surface area contributed by atoms with Gasteiger partial charge in [-0.1, -0.05) is 0 Å². The number of nitrogens with zero attached hydrogens (tertiary/aromatic N) is 2. The monoisotopic (exact) mass is 288 g/mol. The van der Waals surface area contributed by atoms with Crippen LogP contribution in [0.25, 0.3) is 0 Å². The third kappa shape index (κ3) is 1.91. The lowest BCUT2D eigenvalue weighted by molar-refractivity contribution is 0.532. The molecule has 0 N–H and O–H groups in total. The van der Waals surface area contributed by atoms with E-state index in [-0.39, 0.29) is 5.03 Å². The van der Waals surface area contributed by atoms with Gasteiger partial charge in [0.05, 0.1) is 6.33 Å². The zero-order valence-corrected chi connectivity index (χ0v) is 8.53. The summed E-state index contributed by atoms with van der Waals surface area (Å²) in [7, 11) is -1.94. The molecule has 0 saturated carbocycles. The zero-order chi connectivity index (χ0) is 8.48. The number of imidazole rings is 1. The molecule has 1 heterocycles. The van der Waals surface area contributed by atoms with E-state index >= 15 is 0 Å². The summed E-state index contributed by atoms with van der Waals surface area (Å²) in [5.41, 5.74) is 0. The molecule has 0 aromatic carbocycles. The van der Waals surface area contributed by atoms with Crippen molar-refractivity contribution in [3.8, 4) is 0 Å². The van der Waals surface area contributed by atoms with E-state index in [2.05, 4.69) is 7.50 Å². The first-order chi connectivity index (χ1) is 5.06. The lowest BCUT2D eigenvalue weighted by Gasteiger charge is -1.91. The van der Waals surface area contributed by atoms with Gasteiger partial charge in [-0.15, -0.1) is 0 Å². The molecular weight excluding hydrogens is 283 g/mol. The van der Waals surface area contributed by atoms with Crippen LogP contribution < -0.4 is 0 Å². The van der Waals surface area contributed by atoms with Crippen molar-refractivity contribution in [3.05, 3.63) is 12.5 Å². The van der Waals surface area contributed by atoms with Crippen molar-refractivity contribution in [3.63, 3.8) is 0 Å². The molecule has 0 fully saturated rings. The zero-order valence-electron chi connectivity index (χ0n) is 5.56. The molecule has 1 rings (SSSR count). The maximum absolute atomic E-state index is 10.9. The van der Waals surface area contributed by atoms with Crippen LogP contribution in [0.3, 0.4) is 0 Å². The van der Waals surface area contributed by atoms with E-state index in [1.807, 2.05) is 0 Å². The molecule has 0 aliphatic heterocycles. The van der Waals surface area contributed by atoms with E-state index in [9.17, 15) is 8.42 Å². The summed E-state index contributed by atoms with van der Waals surface area (Å²) in [5.74, 6) is 0. The third-order valence-corrected chi connectivity index (χ3v) is 3.33. The molecular formula is C4H5IN2O3S. The second-order valence-electron chi connectivity index (χ2n) is 1.89. The van der Waals surface area contributed by atoms with Crippen LogP contribution >= 0.6 is 23.0 Å². The molecule has 0 aliphatic carbocycles. The Morgan fingerprint density at radius 2 is 2.36 bits per heavy atom. The summed E-state index contributed by atoms with van der Waals surface area (Å²) < 4.78 is 27.6. The maximum atomic E-state index is 10.9. The lowest BCUT2D eigenvalue weighted by Crippen LogP contribution is -1.99. The number of aromatic nitrogens is 2. The molecule has 0 radical (unpaired) electrons. The summed E-state index contributed by atoms with van der Waals surface area (Å²) in [4.78, 5) is 3.60. The molecule has 62 valence electrons. The Balaban J connectivity index is 3.13. The van der Waals surface area contributed by atoms with Crippen molar-refractivity contribution in [2.75, 3.05) is 0 Å². The fourth-order valence-electron chi connectivity index (χ4n) is 0.550. The van der Waals surface area contributed by atoms with Crippen molar-refractivity contribution in [1.82, 2.24) is 9.55 Å². The van der Waals surface area contributed by atoms with Gasteiger partial charge >= 0.3 is 10.1 Å². The fourth-order valence-corrected chi connectivity index (χ4v) is 1.64. The standard InChI is InChI=1S/C4H5IN2O3S/c1-7-2-4(6-3-7)11(8,9)10-5/h2-3H,1H3. The molecule has 1 aromatic heterocycles. The van der Waals surface area contributed by atoms with Gasteiger partial charge < -0.3 is 4.57 Å². The van der Waals surface area contributed by atoms with Gasteiger partial charge in [0.1, 0.15) is 23.0 Å². The Bertz CT molecular complexity index is 344. The van der Waals surface area contributed by atoms with Crippen LogP contribution in [0.2, 0.25) is 0 Å². The Morgan fingerprint density at radius 1 is 1.73 bits per heavy atom. The van der Waals surface area contributed by atoms with Gasteiger partial charge in [-0.25, -0.2) is 4.98 Å². The second kappa shape index (κ2) is 3.07. The molecule has 0 aliphatic rings. The highest BCUT2D eigenvalue weighted by Crippen LogP contribution is 2.10. The van der Waals surface area contributed by atoms with E-state index in [4.69, 9.17) is 0 Å². The van der Waals surface area contributed by atoms with Crippen LogP contribution in [0, 0.1) is 0 Å². The predicted molar refractivity (Wildman–Crippen MR) is 45.5 cm³/mol. The van der Waals surface area contributed by atoms with Crippen LogP contribution in [0.5, 0.6) is 0 Å². The van der Waals surface area contributed by atoms with Gasteiger partial charge in [0.25, 0.3) is 0 Å². The number of rotatable bonds is 2. The fraction of sp³-hybridized carbons (Fsp3) is 0.250. The van der Waals surface area contributed by atoms with Crippen LogP contribution in [0.15, 0.2) is 17.6 Å². The molecule has 0 unspecified atom stereocenters. The number of halogens is 1. The largest absolute Gasteiger partial charge is 0.339 e. The Labute approximate surface area is 78.2 Å². The molecule has 0 amide bonds. The minimum Gasteiger partial charge on any atom is -0.339 e. The quantitative estimate of drug-likeness (QED) is 0.742. The number of hydrogen-bond acceptors (Lipinski definition) is 4. The van der Waals surface area contributed by atoms with Crippen molar-refractivity contribution < 1.29 is 10.9 Å². The number of aryl methyl sites for hydroxylation is 1. The van der Waals surface area contributed by atoms with Gasteiger partial charge in [-0.05, 0) is 0 Å². The first-order valence-corrected chi connectivity index (χ1v) is 4.88. The van der Waals surface area contributed by atoms with Gasteiger partial charge in [-0.3, -0.25) is 0 Å². The highest BCUT2D eigenvalue weighted by atomic mass is 127. The van der Waals surface area contributed by atoms with Crippen LogP contribution in [0.4, 0.5) is 0 Å². The van der Waals surface area contributed by atoms with E-state index < -0.39 is 10.1 Å². The molecule has 7 heteroatoms. The van der Waals surface area contributed by atoms with Crippen molar-refractivity contribution in [2.24, 2.45) is 7.05 Å². The maximum Gasteiger partial charge on any atom is 0.325 e. The average Bonchev–Trinajstić information content (AvgIpc) is 2.36. The highest BCUT2D eigenvalue weighted by molar-refractivity contribution is 14.1. The molecule has 0 atom stereocenters. The van der Waals surface area contributed by atoms with E-state index in [1.54, 1.807) is 7.05 Å². The first-order valence-electron chi connectivity index (χ1n) is 2.59. The van der Waals surface area contributed by atoms with Gasteiger partial charge in [0.2, 0.25) is 5.03 Å². The summed E-state index contributed by atoms with van der Waals surface area (Å²) in [6.07, 6.45) is 2.76. The molecule has 0 bridgehead atoms. The van der Waals surface area contributed by atoms with Gasteiger partial charge in [-0.2, -0.15) is 10.9 Å². The second-order valence-corrected chi connectivity index (χ2v) is 4.43. The highest BCUT2D eigenvalue weighted by Gasteiger charge is 2.16. The molecule has 0 saturated heterocycles. The molecule has 1 aromatic rings. The number of hydrogen-bond donors (Lipinski definition) is 0. The summed E-state index contributed by atoms with van der Waals surface area (Å²) in [6, 6.07) is 0. The third-order valence-electron chi connectivity index (χ3n) is 1.02. The van der Waals surface area contributed by atoms with E-state index in [0.717, 1.165) is 0 Å². The lowest BCUT2D eigenvalue weighted by atomic mass is 10.9. The van der Waals surface area contributed by atoms with Gasteiger partial charge in [0, 0.05) is 13.2 Å². The Morgan fingerprint density at radius 3 is 2.73 bits per heavy atom. The first kappa shape index (κ1) is 8.94. The van der Waals surface area contributed by atoms with E-state index in [0.29, 0.717) is 0 Å². The minimum absolute atomic E-state index is 0.0746. The Hall–Kier alpha value is -0.150. The molecule has 11 heavy (non-hydrogen) atoms. The molecule has 0 spiro atoms. The van der Waals surface area contributed by atoms with Gasteiger partial charge in [0.15, 0.2) is 0 Å².